The average molecular weight is 353 g/mol. The summed E-state index contributed by atoms with van der Waals surface area (Å²) in [4.78, 5) is 24.9. The van der Waals surface area contributed by atoms with E-state index in [-0.39, 0.29) is 17.9 Å². The molecule has 1 heterocycles. The first kappa shape index (κ1) is 17.9. The molecule has 1 aliphatic heterocycles. The molecule has 0 bridgehead atoms. The second-order valence-corrected chi connectivity index (χ2v) is 6.27. The van der Waals surface area contributed by atoms with Crippen LogP contribution in [0.1, 0.15) is 29.6 Å². The fourth-order valence-electron chi connectivity index (χ4n) is 3.02. The number of methoxy groups -OCH3 is 1. The quantitative estimate of drug-likeness (QED) is 0.746. The van der Waals surface area contributed by atoms with Gasteiger partial charge < -0.3 is 20.7 Å². The Labute approximate surface area is 152 Å². The minimum absolute atomic E-state index is 0.0888. The Morgan fingerprint density at radius 1 is 1.12 bits per heavy atom. The number of hydrogen-bond acceptors (Lipinski definition) is 4. The standard InChI is InChI=1S/C20H23N3O3/c1-26-16-10-8-14(9-11-16)22-20(25)17-6-2-3-7-18(17)23-19(24)13-15-5-4-12-21-15/h2-3,6-11,15,21H,4-5,12-13H2,1H3,(H,22,25)(H,23,24). The Balaban J connectivity index is 1.66. The summed E-state index contributed by atoms with van der Waals surface area (Å²) in [5, 5.41) is 9.00. The third-order valence-corrected chi connectivity index (χ3v) is 4.39. The molecule has 26 heavy (non-hydrogen) atoms. The highest BCUT2D eigenvalue weighted by Gasteiger charge is 2.19. The van der Waals surface area contributed by atoms with Crippen molar-refractivity contribution >= 4 is 23.2 Å². The smallest absolute Gasteiger partial charge is 0.257 e. The molecule has 1 aliphatic rings. The Morgan fingerprint density at radius 3 is 2.58 bits per heavy atom. The van der Waals surface area contributed by atoms with Gasteiger partial charge in [-0.25, -0.2) is 0 Å². The summed E-state index contributed by atoms with van der Waals surface area (Å²) in [5.41, 5.74) is 1.60. The van der Waals surface area contributed by atoms with Crippen LogP contribution < -0.4 is 20.7 Å². The SMILES string of the molecule is COc1ccc(NC(=O)c2ccccc2NC(=O)CC2CCCN2)cc1. The van der Waals surface area contributed by atoms with Crippen LogP contribution >= 0.6 is 0 Å². The summed E-state index contributed by atoms with van der Waals surface area (Å²) < 4.78 is 5.11. The van der Waals surface area contributed by atoms with Crippen LogP contribution in [0.15, 0.2) is 48.5 Å². The summed E-state index contributed by atoms with van der Waals surface area (Å²) in [6, 6.07) is 14.3. The molecule has 1 unspecified atom stereocenters. The third kappa shape index (κ3) is 4.61. The number of para-hydroxylation sites is 1. The monoisotopic (exact) mass is 353 g/mol. The van der Waals surface area contributed by atoms with E-state index in [1.165, 1.54) is 0 Å². The highest BCUT2D eigenvalue weighted by atomic mass is 16.5. The van der Waals surface area contributed by atoms with E-state index < -0.39 is 0 Å². The molecule has 6 heteroatoms. The van der Waals surface area contributed by atoms with Crippen LogP contribution in [0.4, 0.5) is 11.4 Å². The van der Waals surface area contributed by atoms with Crippen LogP contribution in [0, 0.1) is 0 Å². The molecular formula is C20H23N3O3. The predicted molar refractivity (Wildman–Crippen MR) is 102 cm³/mol. The van der Waals surface area contributed by atoms with E-state index in [0.29, 0.717) is 23.4 Å². The number of amides is 2. The van der Waals surface area contributed by atoms with E-state index >= 15 is 0 Å². The molecular weight excluding hydrogens is 330 g/mol. The molecule has 1 saturated heterocycles. The summed E-state index contributed by atoms with van der Waals surface area (Å²) in [7, 11) is 1.59. The van der Waals surface area contributed by atoms with Gasteiger partial charge in [-0.05, 0) is 55.8 Å². The van der Waals surface area contributed by atoms with Gasteiger partial charge in [0.2, 0.25) is 5.91 Å². The predicted octanol–water partition coefficient (Wildman–Crippen LogP) is 3.03. The van der Waals surface area contributed by atoms with E-state index in [1.54, 1.807) is 55.6 Å². The molecule has 6 nitrogen and oxygen atoms in total. The minimum Gasteiger partial charge on any atom is -0.497 e. The average Bonchev–Trinajstić information content (AvgIpc) is 3.15. The molecule has 1 fully saturated rings. The highest BCUT2D eigenvalue weighted by molar-refractivity contribution is 6.10. The lowest BCUT2D eigenvalue weighted by Crippen LogP contribution is -2.28. The Morgan fingerprint density at radius 2 is 1.88 bits per heavy atom. The van der Waals surface area contributed by atoms with Gasteiger partial charge in [0.1, 0.15) is 5.75 Å². The zero-order valence-electron chi connectivity index (χ0n) is 14.7. The van der Waals surface area contributed by atoms with Crippen LogP contribution in [0.5, 0.6) is 5.75 Å². The van der Waals surface area contributed by atoms with Crippen molar-refractivity contribution < 1.29 is 14.3 Å². The van der Waals surface area contributed by atoms with Gasteiger partial charge in [0.05, 0.1) is 18.4 Å². The van der Waals surface area contributed by atoms with Crippen molar-refractivity contribution in [3.8, 4) is 5.75 Å². The molecule has 136 valence electrons. The fourth-order valence-corrected chi connectivity index (χ4v) is 3.02. The van der Waals surface area contributed by atoms with E-state index in [1.807, 2.05) is 0 Å². The maximum atomic E-state index is 12.6. The summed E-state index contributed by atoms with van der Waals surface area (Å²) in [6.07, 6.45) is 2.51. The van der Waals surface area contributed by atoms with E-state index in [0.717, 1.165) is 25.1 Å². The number of rotatable bonds is 6. The van der Waals surface area contributed by atoms with Gasteiger partial charge in [-0.2, -0.15) is 0 Å². The topological polar surface area (TPSA) is 79.5 Å². The Bertz CT molecular complexity index is 768. The number of carbonyl (C=O) groups is 2. The fraction of sp³-hybridized carbons (Fsp3) is 0.300. The lowest BCUT2D eigenvalue weighted by molar-refractivity contribution is -0.116. The zero-order valence-corrected chi connectivity index (χ0v) is 14.7. The van der Waals surface area contributed by atoms with Crippen molar-refractivity contribution in [1.29, 1.82) is 0 Å². The van der Waals surface area contributed by atoms with Gasteiger partial charge in [-0.1, -0.05) is 12.1 Å². The van der Waals surface area contributed by atoms with Gasteiger partial charge in [0, 0.05) is 18.2 Å². The Hall–Kier alpha value is -2.86. The maximum Gasteiger partial charge on any atom is 0.257 e. The molecule has 2 aromatic rings. The third-order valence-electron chi connectivity index (χ3n) is 4.39. The summed E-state index contributed by atoms with van der Waals surface area (Å²) in [6.45, 7) is 0.957. The first-order valence-electron chi connectivity index (χ1n) is 8.73. The largest absolute Gasteiger partial charge is 0.497 e. The van der Waals surface area contributed by atoms with Crippen LogP contribution in [0.3, 0.4) is 0 Å². The van der Waals surface area contributed by atoms with Crippen LogP contribution in [-0.4, -0.2) is 31.5 Å². The number of anilines is 2. The number of benzene rings is 2. The molecule has 0 aliphatic carbocycles. The van der Waals surface area contributed by atoms with Crippen LogP contribution in [0.25, 0.3) is 0 Å². The second-order valence-electron chi connectivity index (χ2n) is 6.27. The van der Waals surface area contributed by atoms with Gasteiger partial charge in [-0.15, -0.1) is 0 Å². The van der Waals surface area contributed by atoms with Gasteiger partial charge in [0.15, 0.2) is 0 Å². The molecule has 3 N–H and O–H groups in total. The van der Waals surface area contributed by atoms with E-state index in [9.17, 15) is 9.59 Å². The van der Waals surface area contributed by atoms with Gasteiger partial charge >= 0.3 is 0 Å². The number of hydrogen-bond donors (Lipinski definition) is 3. The van der Waals surface area contributed by atoms with Crippen molar-refractivity contribution in [3.05, 3.63) is 54.1 Å². The molecule has 1 atom stereocenters. The van der Waals surface area contributed by atoms with Crippen molar-refractivity contribution in [2.24, 2.45) is 0 Å². The normalized spacial score (nSPS) is 16.1. The first-order valence-corrected chi connectivity index (χ1v) is 8.73. The van der Waals surface area contributed by atoms with Gasteiger partial charge in [0.25, 0.3) is 5.91 Å². The van der Waals surface area contributed by atoms with Gasteiger partial charge in [-0.3, -0.25) is 9.59 Å². The summed E-state index contributed by atoms with van der Waals surface area (Å²) in [5.74, 6) is 0.357. The number of carbonyl (C=O) groups excluding carboxylic acids is 2. The van der Waals surface area contributed by atoms with Crippen molar-refractivity contribution in [1.82, 2.24) is 5.32 Å². The second kappa shape index (κ2) is 8.49. The maximum absolute atomic E-state index is 12.6. The number of ether oxygens (including phenoxy) is 1. The summed E-state index contributed by atoms with van der Waals surface area (Å²) >= 11 is 0. The zero-order chi connectivity index (χ0) is 18.4. The first-order chi connectivity index (χ1) is 12.7. The van der Waals surface area contributed by atoms with Crippen LogP contribution in [-0.2, 0) is 4.79 Å². The van der Waals surface area contributed by atoms with Crippen molar-refractivity contribution in [3.63, 3.8) is 0 Å². The molecule has 0 aromatic heterocycles. The molecule has 0 saturated carbocycles. The molecule has 0 spiro atoms. The highest BCUT2D eigenvalue weighted by Crippen LogP contribution is 2.20. The van der Waals surface area contributed by atoms with Crippen molar-refractivity contribution in [2.45, 2.75) is 25.3 Å². The van der Waals surface area contributed by atoms with E-state index in [4.69, 9.17) is 4.74 Å². The van der Waals surface area contributed by atoms with Crippen LogP contribution in [0.2, 0.25) is 0 Å². The van der Waals surface area contributed by atoms with E-state index in [2.05, 4.69) is 16.0 Å². The lowest BCUT2D eigenvalue weighted by atomic mass is 10.1. The number of nitrogens with one attached hydrogen (secondary N) is 3. The molecule has 2 amide bonds. The Kier molecular flexibility index (Phi) is 5.86. The minimum atomic E-state index is -0.273. The molecule has 2 aromatic carbocycles. The molecule has 3 rings (SSSR count). The molecule has 0 radical (unpaired) electrons. The van der Waals surface area contributed by atoms with Crippen molar-refractivity contribution in [2.75, 3.05) is 24.3 Å². The lowest BCUT2D eigenvalue weighted by Gasteiger charge is -2.13.